The number of terminal acetylenes is 1. The van der Waals surface area contributed by atoms with E-state index < -0.39 is 29.3 Å². The van der Waals surface area contributed by atoms with E-state index in [-0.39, 0.29) is 23.8 Å². The Morgan fingerprint density at radius 1 is 1.00 bits per heavy atom. The van der Waals surface area contributed by atoms with Crippen molar-refractivity contribution in [3.63, 3.8) is 0 Å². The number of benzene rings is 1. The highest BCUT2D eigenvalue weighted by atomic mass is 16.6. The van der Waals surface area contributed by atoms with Gasteiger partial charge in [0.05, 0.1) is 0 Å². The van der Waals surface area contributed by atoms with Gasteiger partial charge < -0.3 is 20.3 Å². The molecular formula is C29H45N3O4. The van der Waals surface area contributed by atoms with Gasteiger partial charge in [0.15, 0.2) is 0 Å². The lowest BCUT2D eigenvalue weighted by Crippen LogP contribution is -2.60. The maximum Gasteiger partial charge on any atom is 0.408 e. The molecule has 0 saturated heterocycles. The normalized spacial score (nSPS) is 14.3. The summed E-state index contributed by atoms with van der Waals surface area (Å²) in [7, 11) is 0. The van der Waals surface area contributed by atoms with E-state index in [0.29, 0.717) is 11.1 Å². The van der Waals surface area contributed by atoms with E-state index in [1.807, 2.05) is 41.5 Å². The molecule has 0 heterocycles. The smallest absolute Gasteiger partial charge is 0.408 e. The molecule has 0 spiro atoms. The minimum Gasteiger partial charge on any atom is -0.444 e. The molecule has 0 fully saturated rings. The predicted molar refractivity (Wildman–Crippen MR) is 144 cm³/mol. The number of amides is 3. The van der Waals surface area contributed by atoms with Crippen molar-refractivity contribution >= 4 is 17.9 Å². The fourth-order valence-electron chi connectivity index (χ4n) is 3.95. The van der Waals surface area contributed by atoms with Gasteiger partial charge in [-0.2, -0.15) is 0 Å². The van der Waals surface area contributed by atoms with Gasteiger partial charge in [-0.3, -0.25) is 9.59 Å². The molecule has 1 aromatic rings. The number of hydrogen-bond donors (Lipinski definition) is 2. The van der Waals surface area contributed by atoms with Gasteiger partial charge in [0.25, 0.3) is 0 Å². The summed E-state index contributed by atoms with van der Waals surface area (Å²) >= 11 is 0. The van der Waals surface area contributed by atoms with Crippen LogP contribution < -0.4 is 10.6 Å². The summed E-state index contributed by atoms with van der Waals surface area (Å²) in [6.07, 6.45) is 6.58. The number of carbonyl (C=O) groups excluding carboxylic acids is 3. The number of alkyl carbamates (subject to hydrolysis) is 1. The average Bonchev–Trinajstić information content (AvgIpc) is 2.73. The summed E-state index contributed by atoms with van der Waals surface area (Å²) in [4.78, 5) is 42.0. The standard InChI is InChI=1S/C29H45N3O4/c1-12-14-20(5)30-25(33)24(22-17-15-21(13-2)16-18-22)32(28(6,7)8)26(34)23(19(3)4)31-27(35)36-29(9,10)11/h2,15-20,23-24H,12,14H2,1,3-11H3,(H,30,33)(H,31,35). The van der Waals surface area contributed by atoms with Crippen molar-refractivity contribution in [1.82, 2.24) is 15.5 Å². The van der Waals surface area contributed by atoms with Gasteiger partial charge in [-0.05, 0) is 78.5 Å². The lowest BCUT2D eigenvalue weighted by atomic mass is 9.92. The first-order chi connectivity index (χ1) is 16.5. The molecule has 3 unspecified atom stereocenters. The number of hydrogen-bond acceptors (Lipinski definition) is 4. The molecule has 0 bridgehead atoms. The third-order valence-electron chi connectivity index (χ3n) is 5.58. The van der Waals surface area contributed by atoms with Crippen molar-refractivity contribution in [3.05, 3.63) is 35.4 Å². The van der Waals surface area contributed by atoms with Crippen LogP contribution in [0.1, 0.15) is 99.2 Å². The molecule has 200 valence electrons. The minimum absolute atomic E-state index is 0.0623. The first-order valence-electron chi connectivity index (χ1n) is 12.7. The second-order valence-electron chi connectivity index (χ2n) is 11.6. The third-order valence-corrected chi connectivity index (χ3v) is 5.58. The molecule has 0 aliphatic rings. The molecule has 7 nitrogen and oxygen atoms in total. The SMILES string of the molecule is C#Cc1ccc(C(C(=O)NC(C)CCC)N(C(=O)C(NC(=O)OC(C)(C)C)C(C)C)C(C)(C)C)cc1. The fourth-order valence-corrected chi connectivity index (χ4v) is 3.95. The lowest BCUT2D eigenvalue weighted by Gasteiger charge is -2.44. The maximum atomic E-state index is 14.1. The van der Waals surface area contributed by atoms with Crippen LogP contribution in [0.3, 0.4) is 0 Å². The zero-order chi connectivity index (χ0) is 27.8. The van der Waals surface area contributed by atoms with Crippen LogP contribution in [-0.4, -0.2) is 46.0 Å². The summed E-state index contributed by atoms with van der Waals surface area (Å²) in [6, 6.07) is 5.19. The summed E-state index contributed by atoms with van der Waals surface area (Å²) in [6.45, 7) is 18.6. The van der Waals surface area contributed by atoms with E-state index in [1.165, 1.54) is 0 Å². The van der Waals surface area contributed by atoms with Crippen LogP contribution >= 0.6 is 0 Å². The largest absolute Gasteiger partial charge is 0.444 e. The van der Waals surface area contributed by atoms with Crippen LogP contribution in [0.2, 0.25) is 0 Å². The van der Waals surface area contributed by atoms with E-state index in [9.17, 15) is 14.4 Å². The molecule has 7 heteroatoms. The summed E-state index contributed by atoms with van der Waals surface area (Å²) in [5, 5.41) is 5.81. The van der Waals surface area contributed by atoms with Crippen LogP contribution in [0.5, 0.6) is 0 Å². The number of nitrogens with zero attached hydrogens (tertiary/aromatic N) is 1. The van der Waals surface area contributed by atoms with Crippen LogP contribution in [0.4, 0.5) is 4.79 Å². The van der Waals surface area contributed by atoms with Crippen molar-refractivity contribution in [2.45, 2.75) is 111 Å². The van der Waals surface area contributed by atoms with Crippen LogP contribution in [0, 0.1) is 18.3 Å². The zero-order valence-corrected chi connectivity index (χ0v) is 23.7. The Bertz CT molecular complexity index is 933. The molecule has 1 rings (SSSR count). The van der Waals surface area contributed by atoms with Crippen molar-refractivity contribution in [2.24, 2.45) is 5.92 Å². The van der Waals surface area contributed by atoms with Gasteiger partial charge in [0, 0.05) is 17.1 Å². The summed E-state index contributed by atoms with van der Waals surface area (Å²) in [5.41, 5.74) is -0.147. The van der Waals surface area contributed by atoms with E-state index in [4.69, 9.17) is 11.2 Å². The second-order valence-corrected chi connectivity index (χ2v) is 11.6. The van der Waals surface area contributed by atoms with E-state index >= 15 is 0 Å². The highest BCUT2D eigenvalue weighted by molar-refractivity contribution is 5.93. The molecule has 0 aliphatic carbocycles. The van der Waals surface area contributed by atoms with Gasteiger partial charge in [-0.15, -0.1) is 6.42 Å². The molecule has 0 saturated carbocycles. The van der Waals surface area contributed by atoms with Gasteiger partial charge in [0.2, 0.25) is 11.8 Å². The lowest BCUT2D eigenvalue weighted by molar-refractivity contribution is -0.149. The number of rotatable bonds is 9. The Labute approximate surface area is 217 Å². The summed E-state index contributed by atoms with van der Waals surface area (Å²) < 4.78 is 5.41. The molecule has 3 amide bonds. The Morgan fingerprint density at radius 2 is 1.56 bits per heavy atom. The molecule has 0 aromatic heterocycles. The van der Waals surface area contributed by atoms with Crippen LogP contribution in [-0.2, 0) is 14.3 Å². The van der Waals surface area contributed by atoms with E-state index in [0.717, 1.165) is 12.8 Å². The Morgan fingerprint density at radius 3 is 1.97 bits per heavy atom. The molecule has 3 atom stereocenters. The van der Waals surface area contributed by atoms with Crippen LogP contribution in [0.25, 0.3) is 0 Å². The van der Waals surface area contributed by atoms with Crippen molar-refractivity contribution < 1.29 is 19.1 Å². The fraction of sp³-hybridized carbons (Fsp3) is 0.621. The number of nitrogens with one attached hydrogen (secondary N) is 2. The highest BCUT2D eigenvalue weighted by Gasteiger charge is 2.42. The zero-order valence-electron chi connectivity index (χ0n) is 23.7. The van der Waals surface area contributed by atoms with Crippen molar-refractivity contribution in [2.75, 3.05) is 0 Å². The topological polar surface area (TPSA) is 87.7 Å². The van der Waals surface area contributed by atoms with Gasteiger partial charge >= 0.3 is 6.09 Å². The monoisotopic (exact) mass is 499 g/mol. The minimum atomic E-state index is -0.926. The molecule has 0 radical (unpaired) electrons. The highest BCUT2D eigenvalue weighted by Crippen LogP contribution is 2.31. The first-order valence-corrected chi connectivity index (χ1v) is 12.7. The number of ether oxygens (including phenoxy) is 1. The molecule has 0 aliphatic heterocycles. The molecule has 2 N–H and O–H groups in total. The Hall–Kier alpha value is -3.01. The number of carbonyl (C=O) groups is 3. The Kier molecular flexibility index (Phi) is 11.0. The molecule has 1 aromatic carbocycles. The van der Waals surface area contributed by atoms with Gasteiger partial charge in [0.1, 0.15) is 17.7 Å². The summed E-state index contributed by atoms with van der Waals surface area (Å²) in [5.74, 6) is 1.68. The van der Waals surface area contributed by atoms with E-state index in [2.05, 4.69) is 23.5 Å². The van der Waals surface area contributed by atoms with E-state index in [1.54, 1.807) is 49.9 Å². The van der Waals surface area contributed by atoms with Crippen molar-refractivity contribution in [3.8, 4) is 12.3 Å². The first kappa shape index (κ1) is 31.0. The third kappa shape index (κ3) is 9.22. The molecule has 36 heavy (non-hydrogen) atoms. The second kappa shape index (κ2) is 12.8. The quantitative estimate of drug-likeness (QED) is 0.458. The van der Waals surface area contributed by atoms with Gasteiger partial charge in [-0.1, -0.05) is 45.2 Å². The van der Waals surface area contributed by atoms with Crippen LogP contribution in [0.15, 0.2) is 24.3 Å². The Balaban J connectivity index is 3.57. The molecular weight excluding hydrogens is 454 g/mol. The predicted octanol–water partition coefficient (Wildman–Crippen LogP) is 5.19. The van der Waals surface area contributed by atoms with Crippen molar-refractivity contribution in [1.29, 1.82) is 0 Å². The average molecular weight is 500 g/mol. The van der Waals surface area contributed by atoms with Gasteiger partial charge in [-0.25, -0.2) is 4.79 Å². The maximum absolute atomic E-state index is 14.1.